The zero-order valence-electron chi connectivity index (χ0n) is 20.9. The molecular formula is C27H27N3O7S2. The molecule has 3 aromatic rings. The number of nitro groups is 1. The molecule has 4 rings (SSSR count). The van der Waals surface area contributed by atoms with Crippen molar-refractivity contribution in [1.29, 1.82) is 0 Å². The van der Waals surface area contributed by atoms with E-state index in [1.165, 1.54) is 35.9 Å². The third-order valence-electron chi connectivity index (χ3n) is 6.30. The highest BCUT2D eigenvalue weighted by atomic mass is 32.2. The Balaban J connectivity index is 1.45. The number of carbonyl (C=O) groups is 1. The van der Waals surface area contributed by atoms with Crippen LogP contribution in [0.1, 0.15) is 41.6 Å². The molecule has 0 heterocycles. The van der Waals surface area contributed by atoms with Crippen molar-refractivity contribution in [3.8, 4) is 0 Å². The zero-order chi connectivity index (χ0) is 28.0. The third kappa shape index (κ3) is 6.89. The number of sulfonamides is 1. The molecule has 0 aromatic heterocycles. The summed E-state index contributed by atoms with van der Waals surface area (Å²) in [6.45, 7) is -0.145. The Morgan fingerprint density at radius 2 is 1.62 bits per heavy atom. The van der Waals surface area contributed by atoms with Crippen LogP contribution in [-0.4, -0.2) is 40.0 Å². The topological polar surface area (TPSA) is 153 Å². The quantitative estimate of drug-likeness (QED) is 0.266. The van der Waals surface area contributed by atoms with Gasteiger partial charge in [-0.1, -0.05) is 36.4 Å². The van der Waals surface area contributed by atoms with Crippen LogP contribution >= 0.6 is 0 Å². The van der Waals surface area contributed by atoms with Gasteiger partial charge in [0.25, 0.3) is 21.6 Å². The minimum absolute atomic E-state index is 0.0545. The third-order valence-corrected chi connectivity index (χ3v) is 9.36. The number of anilines is 1. The Morgan fingerprint density at radius 1 is 0.897 bits per heavy atom. The van der Waals surface area contributed by atoms with Crippen LogP contribution < -0.4 is 10.0 Å². The van der Waals surface area contributed by atoms with Gasteiger partial charge in [0.1, 0.15) is 5.69 Å². The first kappa shape index (κ1) is 28.0. The van der Waals surface area contributed by atoms with E-state index in [9.17, 15) is 31.7 Å². The molecule has 204 valence electrons. The summed E-state index contributed by atoms with van der Waals surface area (Å²) in [6, 6.07) is 17.5. The lowest BCUT2D eigenvalue weighted by molar-refractivity contribution is -0.384. The molecule has 0 atom stereocenters. The second kappa shape index (κ2) is 11.8. The van der Waals surface area contributed by atoms with E-state index in [0.717, 1.165) is 43.4 Å². The maximum Gasteiger partial charge on any atom is 0.293 e. The van der Waals surface area contributed by atoms with Crippen LogP contribution in [0, 0.1) is 10.1 Å². The normalized spacial score (nSPS) is 13.8. The van der Waals surface area contributed by atoms with E-state index in [1.807, 2.05) is 4.72 Å². The number of benzene rings is 3. The molecule has 1 aliphatic carbocycles. The zero-order valence-corrected chi connectivity index (χ0v) is 22.5. The summed E-state index contributed by atoms with van der Waals surface area (Å²) >= 11 is 0. The summed E-state index contributed by atoms with van der Waals surface area (Å²) in [5.41, 5.74) is 1.67. The number of nitrogens with zero attached hydrogens (tertiary/aromatic N) is 1. The molecule has 0 unspecified atom stereocenters. The molecule has 1 amide bonds. The van der Waals surface area contributed by atoms with Crippen LogP contribution in [0.2, 0.25) is 0 Å². The average Bonchev–Trinajstić information content (AvgIpc) is 2.93. The smallest absolute Gasteiger partial charge is 0.293 e. The van der Waals surface area contributed by atoms with Crippen LogP contribution in [0.4, 0.5) is 11.4 Å². The van der Waals surface area contributed by atoms with E-state index in [-0.39, 0.29) is 28.4 Å². The predicted molar refractivity (Wildman–Crippen MR) is 148 cm³/mol. The fourth-order valence-electron chi connectivity index (χ4n) is 4.22. The second-order valence-electron chi connectivity index (χ2n) is 8.98. The van der Waals surface area contributed by atoms with Gasteiger partial charge in [0.15, 0.2) is 9.84 Å². The van der Waals surface area contributed by atoms with Gasteiger partial charge in [-0.2, -0.15) is 0 Å². The Morgan fingerprint density at radius 3 is 2.26 bits per heavy atom. The van der Waals surface area contributed by atoms with Crippen molar-refractivity contribution in [3.05, 3.63) is 100 Å². The molecule has 0 saturated carbocycles. The van der Waals surface area contributed by atoms with E-state index in [1.54, 1.807) is 30.3 Å². The summed E-state index contributed by atoms with van der Waals surface area (Å²) in [5.74, 6) is -1.20. The van der Waals surface area contributed by atoms with Crippen LogP contribution in [-0.2, 0) is 19.9 Å². The molecule has 1 aliphatic rings. The van der Waals surface area contributed by atoms with E-state index >= 15 is 0 Å². The molecule has 0 spiro atoms. The van der Waals surface area contributed by atoms with Crippen LogP contribution in [0.5, 0.6) is 0 Å². The molecule has 0 bridgehead atoms. The lowest BCUT2D eigenvalue weighted by Gasteiger charge is -2.13. The SMILES string of the molecule is O=C(NS(=O)(=O)c1ccc(NCCS(=O)(=O)c2ccccc2)c([N+](=O)[O-])c1)c1ccc(C2=CCCCC2)cc1. The van der Waals surface area contributed by atoms with Crippen molar-refractivity contribution in [2.75, 3.05) is 17.6 Å². The minimum atomic E-state index is -4.43. The van der Waals surface area contributed by atoms with Gasteiger partial charge in [-0.15, -0.1) is 0 Å². The van der Waals surface area contributed by atoms with E-state index < -0.39 is 41.3 Å². The standard InChI is InChI=1S/C27H27N3O7S2/c31-27(22-13-11-21(12-14-22)20-7-3-1-4-8-20)29-39(36,37)24-15-16-25(26(19-24)30(32)33)28-17-18-38(34,35)23-9-5-2-6-10-23/h2,5-7,9-16,19,28H,1,3-4,8,17-18H2,(H,29,31). The highest BCUT2D eigenvalue weighted by molar-refractivity contribution is 7.91. The van der Waals surface area contributed by atoms with E-state index in [0.29, 0.717) is 0 Å². The summed E-state index contributed by atoms with van der Waals surface area (Å²) in [5, 5.41) is 14.3. The number of allylic oxidation sites excluding steroid dienone is 2. The highest BCUT2D eigenvalue weighted by Crippen LogP contribution is 2.29. The molecule has 0 fully saturated rings. The van der Waals surface area contributed by atoms with Gasteiger partial charge in [0.05, 0.1) is 20.5 Å². The Kier molecular flexibility index (Phi) is 8.46. The highest BCUT2D eigenvalue weighted by Gasteiger charge is 2.24. The Bertz CT molecular complexity index is 1620. The molecule has 3 aromatic carbocycles. The number of amides is 1. The number of sulfone groups is 1. The number of carbonyl (C=O) groups excluding carboxylic acids is 1. The molecule has 10 nitrogen and oxygen atoms in total. The van der Waals surface area contributed by atoms with Crippen molar-refractivity contribution in [1.82, 2.24) is 4.72 Å². The minimum Gasteiger partial charge on any atom is -0.378 e. The monoisotopic (exact) mass is 569 g/mol. The first-order valence-corrected chi connectivity index (χ1v) is 15.4. The fourth-order valence-corrected chi connectivity index (χ4v) is 6.39. The molecule has 0 aliphatic heterocycles. The number of nitro benzene ring substituents is 1. The maximum absolute atomic E-state index is 12.9. The molecule has 39 heavy (non-hydrogen) atoms. The fraction of sp³-hybridized carbons (Fsp3) is 0.222. The maximum atomic E-state index is 12.9. The first-order valence-electron chi connectivity index (χ1n) is 12.2. The van der Waals surface area contributed by atoms with Gasteiger partial charge in [0, 0.05) is 18.2 Å². The summed E-state index contributed by atoms with van der Waals surface area (Å²) in [4.78, 5) is 23.2. The summed E-state index contributed by atoms with van der Waals surface area (Å²) in [6.07, 6.45) is 6.36. The van der Waals surface area contributed by atoms with E-state index in [2.05, 4.69) is 11.4 Å². The Hall–Kier alpha value is -4.03. The van der Waals surface area contributed by atoms with Gasteiger partial charge in [-0.3, -0.25) is 14.9 Å². The first-order chi connectivity index (χ1) is 18.6. The van der Waals surface area contributed by atoms with Crippen molar-refractivity contribution < 1.29 is 26.6 Å². The lowest BCUT2D eigenvalue weighted by atomic mass is 9.93. The summed E-state index contributed by atoms with van der Waals surface area (Å²) in [7, 11) is -8.05. The molecule has 0 saturated heterocycles. The molecule has 0 radical (unpaired) electrons. The van der Waals surface area contributed by atoms with E-state index in [4.69, 9.17) is 0 Å². The van der Waals surface area contributed by atoms with Crippen molar-refractivity contribution >= 4 is 42.7 Å². The summed E-state index contributed by atoms with van der Waals surface area (Å²) < 4.78 is 52.6. The lowest BCUT2D eigenvalue weighted by Crippen LogP contribution is -2.30. The van der Waals surface area contributed by atoms with Crippen LogP contribution in [0.15, 0.2) is 88.7 Å². The van der Waals surface area contributed by atoms with Gasteiger partial charge >= 0.3 is 0 Å². The van der Waals surface area contributed by atoms with Gasteiger partial charge < -0.3 is 5.32 Å². The largest absolute Gasteiger partial charge is 0.378 e. The van der Waals surface area contributed by atoms with Gasteiger partial charge in [0.2, 0.25) is 0 Å². The molecule has 2 N–H and O–H groups in total. The average molecular weight is 570 g/mol. The van der Waals surface area contributed by atoms with Crippen LogP contribution in [0.3, 0.4) is 0 Å². The van der Waals surface area contributed by atoms with Gasteiger partial charge in [-0.25, -0.2) is 21.6 Å². The predicted octanol–water partition coefficient (Wildman–Crippen LogP) is 4.56. The number of rotatable bonds is 10. The molecular weight excluding hydrogens is 542 g/mol. The number of hydrogen-bond donors (Lipinski definition) is 2. The second-order valence-corrected chi connectivity index (χ2v) is 12.8. The van der Waals surface area contributed by atoms with Gasteiger partial charge in [-0.05, 0) is 73.2 Å². The number of nitrogens with one attached hydrogen (secondary N) is 2. The molecule has 12 heteroatoms. The van der Waals surface area contributed by atoms with Crippen molar-refractivity contribution in [2.45, 2.75) is 35.5 Å². The number of hydrogen-bond acceptors (Lipinski definition) is 8. The Labute approximate surface area is 226 Å². The van der Waals surface area contributed by atoms with Crippen molar-refractivity contribution in [3.63, 3.8) is 0 Å². The van der Waals surface area contributed by atoms with Crippen LogP contribution in [0.25, 0.3) is 5.57 Å². The van der Waals surface area contributed by atoms with Crippen molar-refractivity contribution in [2.24, 2.45) is 0 Å².